The molecular formula is C21H20N2O2S. The van der Waals surface area contributed by atoms with E-state index in [0.717, 1.165) is 22.3 Å². The normalized spacial score (nSPS) is 21.4. The molecule has 0 saturated carbocycles. The SMILES string of the molecule is C[C@@]1(C(=O)Nc2nccs2)Cc2ccc(CO)cc2[C@@H]1c1ccccc1. The second-order valence-corrected chi connectivity index (χ2v) is 7.82. The molecule has 26 heavy (non-hydrogen) atoms. The second-order valence-electron chi connectivity index (χ2n) is 6.92. The average Bonchev–Trinajstić information content (AvgIpc) is 3.27. The maximum Gasteiger partial charge on any atom is 0.233 e. The first-order valence-corrected chi connectivity index (χ1v) is 9.48. The van der Waals surface area contributed by atoms with Crippen LogP contribution >= 0.6 is 11.3 Å². The van der Waals surface area contributed by atoms with Crippen LogP contribution in [0.15, 0.2) is 60.1 Å². The fraction of sp³-hybridized carbons (Fsp3) is 0.238. The van der Waals surface area contributed by atoms with E-state index in [9.17, 15) is 9.90 Å². The summed E-state index contributed by atoms with van der Waals surface area (Å²) >= 11 is 1.42. The van der Waals surface area contributed by atoms with Gasteiger partial charge in [-0.05, 0) is 35.6 Å². The highest BCUT2D eigenvalue weighted by Crippen LogP contribution is 2.51. The van der Waals surface area contributed by atoms with Crippen molar-refractivity contribution in [1.29, 1.82) is 0 Å². The molecule has 1 aliphatic rings. The van der Waals surface area contributed by atoms with Gasteiger partial charge in [-0.25, -0.2) is 4.98 Å². The molecule has 2 N–H and O–H groups in total. The molecule has 1 amide bonds. The summed E-state index contributed by atoms with van der Waals surface area (Å²) in [5.74, 6) is -0.0896. The molecule has 4 nitrogen and oxygen atoms in total. The predicted octanol–water partition coefficient (Wildman–Crippen LogP) is 3.97. The van der Waals surface area contributed by atoms with E-state index >= 15 is 0 Å². The Labute approximate surface area is 156 Å². The summed E-state index contributed by atoms with van der Waals surface area (Å²) in [6, 6.07) is 16.1. The van der Waals surface area contributed by atoms with Gasteiger partial charge in [-0.2, -0.15) is 0 Å². The van der Waals surface area contributed by atoms with Crippen molar-refractivity contribution in [3.8, 4) is 0 Å². The number of carbonyl (C=O) groups excluding carboxylic acids is 1. The number of rotatable bonds is 4. The number of amides is 1. The predicted molar refractivity (Wildman–Crippen MR) is 103 cm³/mol. The van der Waals surface area contributed by atoms with Gasteiger partial charge in [0.1, 0.15) is 0 Å². The van der Waals surface area contributed by atoms with Crippen molar-refractivity contribution in [2.24, 2.45) is 5.41 Å². The van der Waals surface area contributed by atoms with Crippen LogP contribution in [0.5, 0.6) is 0 Å². The van der Waals surface area contributed by atoms with Crippen LogP contribution in [0.3, 0.4) is 0 Å². The smallest absolute Gasteiger partial charge is 0.233 e. The van der Waals surface area contributed by atoms with Crippen LogP contribution in [0.4, 0.5) is 5.13 Å². The Hall–Kier alpha value is -2.50. The van der Waals surface area contributed by atoms with Crippen molar-refractivity contribution in [2.75, 3.05) is 5.32 Å². The number of thiazole rings is 1. The van der Waals surface area contributed by atoms with E-state index in [1.54, 1.807) is 6.20 Å². The van der Waals surface area contributed by atoms with Gasteiger partial charge in [-0.1, -0.05) is 48.5 Å². The topological polar surface area (TPSA) is 62.2 Å². The number of nitrogens with zero attached hydrogens (tertiary/aromatic N) is 1. The highest BCUT2D eigenvalue weighted by atomic mass is 32.1. The maximum atomic E-state index is 13.2. The quantitative estimate of drug-likeness (QED) is 0.736. The van der Waals surface area contributed by atoms with Crippen LogP contribution in [0.2, 0.25) is 0 Å². The fourth-order valence-electron chi connectivity index (χ4n) is 3.94. The minimum atomic E-state index is -0.622. The lowest BCUT2D eigenvalue weighted by atomic mass is 9.73. The largest absolute Gasteiger partial charge is 0.392 e. The minimum absolute atomic E-state index is 0.00316. The number of aliphatic hydroxyl groups excluding tert-OH is 1. The molecule has 4 rings (SSSR count). The number of fused-ring (bicyclic) bond motifs is 1. The van der Waals surface area contributed by atoms with Crippen LogP contribution in [0.25, 0.3) is 0 Å². The summed E-state index contributed by atoms with van der Waals surface area (Å²) < 4.78 is 0. The highest BCUT2D eigenvalue weighted by molar-refractivity contribution is 7.13. The Morgan fingerprint density at radius 1 is 1.31 bits per heavy atom. The zero-order valence-corrected chi connectivity index (χ0v) is 15.3. The molecule has 132 valence electrons. The second kappa shape index (κ2) is 6.67. The third-order valence-electron chi connectivity index (χ3n) is 5.20. The van der Waals surface area contributed by atoms with Crippen molar-refractivity contribution in [3.63, 3.8) is 0 Å². The van der Waals surface area contributed by atoms with Crippen LogP contribution < -0.4 is 5.32 Å². The number of hydrogen-bond acceptors (Lipinski definition) is 4. The van der Waals surface area contributed by atoms with Crippen LogP contribution in [-0.4, -0.2) is 16.0 Å². The number of carbonyl (C=O) groups is 1. The molecule has 5 heteroatoms. The van der Waals surface area contributed by atoms with E-state index in [1.807, 2.05) is 48.7 Å². The van der Waals surface area contributed by atoms with Crippen LogP contribution in [0.1, 0.15) is 35.1 Å². The molecule has 1 aliphatic carbocycles. The minimum Gasteiger partial charge on any atom is -0.392 e. The maximum absolute atomic E-state index is 13.2. The van der Waals surface area contributed by atoms with Gasteiger partial charge in [0.2, 0.25) is 5.91 Å². The third kappa shape index (κ3) is 2.83. The number of benzene rings is 2. The van der Waals surface area contributed by atoms with E-state index in [0.29, 0.717) is 11.6 Å². The van der Waals surface area contributed by atoms with Crippen LogP contribution in [-0.2, 0) is 17.8 Å². The van der Waals surface area contributed by atoms with Crippen molar-refractivity contribution < 1.29 is 9.90 Å². The molecule has 0 spiro atoms. The summed E-state index contributed by atoms with van der Waals surface area (Å²) in [6.07, 6.45) is 2.35. The van der Waals surface area contributed by atoms with Gasteiger partial charge in [-0.15, -0.1) is 11.3 Å². The van der Waals surface area contributed by atoms with Crippen LogP contribution in [0, 0.1) is 5.41 Å². The first-order valence-electron chi connectivity index (χ1n) is 8.60. The summed E-state index contributed by atoms with van der Waals surface area (Å²) in [4.78, 5) is 17.4. The number of anilines is 1. The molecule has 0 radical (unpaired) electrons. The van der Waals surface area contributed by atoms with E-state index in [-0.39, 0.29) is 18.4 Å². The molecule has 0 unspecified atom stereocenters. The van der Waals surface area contributed by atoms with E-state index in [2.05, 4.69) is 22.4 Å². The molecule has 3 aromatic rings. The molecule has 2 aromatic carbocycles. The lowest BCUT2D eigenvalue weighted by molar-refractivity contribution is -0.125. The van der Waals surface area contributed by atoms with Gasteiger partial charge < -0.3 is 10.4 Å². The molecule has 2 atom stereocenters. The third-order valence-corrected chi connectivity index (χ3v) is 5.89. The molecule has 1 heterocycles. The number of nitrogens with one attached hydrogen (secondary N) is 1. The lowest BCUT2D eigenvalue weighted by Crippen LogP contribution is -2.37. The number of aliphatic hydroxyl groups is 1. The zero-order valence-electron chi connectivity index (χ0n) is 14.5. The Morgan fingerprint density at radius 2 is 2.12 bits per heavy atom. The van der Waals surface area contributed by atoms with Gasteiger partial charge in [0, 0.05) is 17.5 Å². The lowest BCUT2D eigenvalue weighted by Gasteiger charge is -2.31. The summed E-state index contributed by atoms with van der Waals surface area (Å²) in [5.41, 5.74) is 3.64. The van der Waals surface area contributed by atoms with Crippen molar-refractivity contribution in [1.82, 2.24) is 4.98 Å². The Kier molecular flexibility index (Phi) is 4.34. The van der Waals surface area contributed by atoms with E-state index in [1.165, 1.54) is 11.3 Å². The first-order chi connectivity index (χ1) is 12.6. The molecule has 0 aliphatic heterocycles. The first kappa shape index (κ1) is 16.9. The Bertz CT molecular complexity index is 924. The van der Waals surface area contributed by atoms with Gasteiger partial charge >= 0.3 is 0 Å². The molecule has 0 fully saturated rings. The van der Waals surface area contributed by atoms with Gasteiger partial charge in [0.15, 0.2) is 5.13 Å². The highest BCUT2D eigenvalue weighted by Gasteiger charge is 2.48. The van der Waals surface area contributed by atoms with E-state index < -0.39 is 5.41 Å². The molecule has 0 saturated heterocycles. The zero-order chi connectivity index (χ0) is 18.1. The monoisotopic (exact) mass is 364 g/mol. The van der Waals surface area contributed by atoms with Gasteiger partial charge in [0.25, 0.3) is 0 Å². The van der Waals surface area contributed by atoms with Gasteiger partial charge in [-0.3, -0.25) is 4.79 Å². The number of hydrogen-bond donors (Lipinski definition) is 2. The molecular weight excluding hydrogens is 344 g/mol. The molecule has 1 aromatic heterocycles. The Morgan fingerprint density at radius 3 is 2.81 bits per heavy atom. The molecule has 0 bridgehead atoms. The Balaban J connectivity index is 1.79. The van der Waals surface area contributed by atoms with Gasteiger partial charge in [0.05, 0.1) is 12.0 Å². The average molecular weight is 364 g/mol. The summed E-state index contributed by atoms with van der Waals surface area (Å²) in [7, 11) is 0. The standard InChI is InChI=1S/C21H20N2O2S/c1-21(19(25)23-20-22-9-10-26-20)12-16-8-7-14(13-24)11-17(16)18(21)15-5-3-2-4-6-15/h2-11,18,24H,12-13H2,1H3,(H,22,23,25)/t18-,21+/m0/s1. The van der Waals surface area contributed by atoms with Crippen molar-refractivity contribution in [2.45, 2.75) is 25.9 Å². The fourth-order valence-corrected chi connectivity index (χ4v) is 4.47. The van der Waals surface area contributed by atoms with Crippen molar-refractivity contribution in [3.05, 3.63) is 82.4 Å². The van der Waals surface area contributed by atoms with Crippen molar-refractivity contribution >= 4 is 22.4 Å². The summed E-state index contributed by atoms with van der Waals surface area (Å²) in [5, 5.41) is 15.0. The van der Waals surface area contributed by atoms with E-state index in [4.69, 9.17) is 0 Å². The number of aromatic nitrogens is 1. The summed E-state index contributed by atoms with van der Waals surface area (Å²) in [6.45, 7) is 2.02.